The number of Topliss-reactive ketones (excluding diaryl/α,β-unsaturated/α-hetero) is 1. The SMILES string of the molecule is CC1CCCN(C)c2ccc(cn2)-c2ccnc(n2)Nc2cccc(c2)CN2CCN(CC1=O)CC2COCCN1CCOCC1. The Hall–Kier alpha value is -3.48. The van der Waals surface area contributed by atoms with Crippen LogP contribution in [-0.4, -0.2) is 127 Å². The van der Waals surface area contributed by atoms with Gasteiger partial charge in [0.1, 0.15) is 11.6 Å². The molecule has 2 aromatic heterocycles. The smallest absolute Gasteiger partial charge is 0.227 e. The quantitative estimate of drug-likeness (QED) is 0.420. The number of morpholine rings is 1. The zero-order valence-electron chi connectivity index (χ0n) is 27.3. The van der Waals surface area contributed by atoms with Crippen molar-refractivity contribution in [3.63, 3.8) is 0 Å². The summed E-state index contributed by atoms with van der Waals surface area (Å²) in [5.74, 6) is 1.80. The first-order chi connectivity index (χ1) is 22.5. The molecule has 8 heterocycles. The third-order valence-corrected chi connectivity index (χ3v) is 9.37. The van der Waals surface area contributed by atoms with Gasteiger partial charge >= 0.3 is 0 Å². The van der Waals surface area contributed by atoms with Gasteiger partial charge < -0.3 is 19.7 Å². The molecule has 1 N–H and O–H groups in total. The molecule has 2 saturated heterocycles. The molecule has 4 atom stereocenters. The lowest BCUT2D eigenvalue weighted by molar-refractivity contribution is -0.124. The van der Waals surface area contributed by atoms with Gasteiger partial charge in [0.2, 0.25) is 5.95 Å². The number of anilines is 3. The normalized spacial score (nSPS) is 24.9. The number of carbonyl (C=O) groups excluding carboxylic acids is 1. The second kappa shape index (κ2) is 15.9. The molecule has 11 heteroatoms. The molecular formula is C35H48N8O3. The van der Waals surface area contributed by atoms with Gasteiger partial charge in [-0.2, -0.15) is 0 Å². The van der Waals surface area contributed by atoms with Gasteiger partial charge in [-0.3, -0.25) is 19.5 Å². The molecule has 6 aliphatic heterocycles. The summed E-state index contributed by atoms with van der Waals surface area (Å²) in [5.41, 5.74) is 3.90. The van der Waals surface area contributed by atoms with Gasteiger partial charge in [0.25, 0.3) is 0 Å². The number of nitrogens with zero attached hydrogens (tertiary/aromatic N) is 7. The summed E-state index contributed by atoms with van der Waals surface area (Å²) in [7, 11) is 2.05. The van der Waals surface area contributed by atoms with Gasteiger partial charge in [-0.25, -0.2) is 15.0 Å². The van der Waals surface area contributed by atoms with E-state index in [-0.39, 0.29) is 12.0 Å². The van der Waals surface area contributed by atoms with Crippen molar-refractivity contribution in [2.45, 2.75) is 32.4 Å². The maximum Gasteiger partial charge on any atom is 0.227 e. The highest BCUT2D eigenvalue weighted by Gasteiger charge is 2.29. The van der Waals surface area contributed by atoms with E-state index in [0.29, 0.717) is 31.5 Å². The number of aromatic nitrogens is 3. The van der Waals surface area contributed by atoms with Gasteiger partial charge in [-0.15, -0.1) is 0 Å². The standard InChI is InChI=1S/C35H48N8O3/c1-27-5-4-12-40(2)34-9-8-29(22-37-34)32-10-11-36-35(39-32)38-30-7-3-6-28(21-30)23-43-14-13-42(25-33(27)44)24-31(43)26-46-20-17-41-15-18-45-19-16-41/h3,6-11,21-22,27,31H,4-5,12-20,23-26H2,1-2H3,(H,36,38,39). The molecule has 3 aromatic rings. The van der Waals surface area contributed by atoms with Crippen LogP contribution in [0, 0.1) is 5.92 Å². The van der Waals surface area contributed by atoms with Crippen molar-refractivity contribution in [1.29, 1.82) is 0 Å². The van der Waals surface area contributed by atoms with Crippen molar-refractivity contribution >= 4 is 23.2 Å². The molecule has 9 rings (SSSR count). The molecule has 0 amide bonds. The summed E-state index contributed by atoms with van der Waals surface area (Å²) in [6, 6.07) is 14.6. The van der Waals surface area contributed by atoms with E-state index in [1.165, 1.54) is 5.56 Å². The fourth-order valence-electron chi connectivity index (χ4n) is 6.45. The van der Waals surface area contributed by atoms with E-state index in [4.69, 9.17) is 19.4 Å². The van der Waals surface area contributed by atoms with Crippen LogP contribution in [0.15, 0.2) is 54.9 Å². The average molecular weight is 629 g/mol. The fourth-order valence-corrected chi connectivity index (χ4v) is 6.45. The number of hydrogen-bond donors (Lipinski definition) is 1. The third-order valence-electron chi connectivity index (χ3n) is 9.37. The van der Waals surface area contributed by atoms with E-state index >= 15 is 0 Å². The van der Waals surface area contributed by atoms with Gasteiger partial charge in [0, 0.05) is 95.0 Å². The molecule has 6 aliphatic rings. The first kappa shape index (κ1) is 32.5. The lowest BCUT2D eigenvalue weighted by Gasteiger charge is -2.41. The van der Waals surface area contributed by atoms with E-state index in [1.54, 1.807) is 6.20 Å². The minimum atomic E-state index is 0.0220. The lowest BCUT2D eigenvalue weighted by atomic mass is 9.99. The van der Waals surface area contributed by atoms with E-state index in [1.807, 2.05) is 24.4 Å². The number of benzene rings is 1. The average Bonchev–Trinajstić information content (AvgIpc) is 3.08. The number of ketones is 1. The van der Waals surface area contributed by atoms with Crippen molar-refractivity contribution < 1.29 is 14.3 Å². The van der Waals surface area contributed by atoms with Gasteiger partial charge in [-0.1, -0.05) is 19.1 Å². The molecule has 11 nitrogen and oxygen atoms in total. The highest BCUT2D eigenvalue weighted by Crippen LogP contribution is 2.23. The van der Waals surface area contributed by atoms with Crippen molar-refractivity contribution in [2.75, 3.05) is 96.0 Å². The molecule has 246 valence electrons. The second-order valence-corrected chi connectivity index (χ2v) is 12.8. The number of pyridine rings is 1. The lowest BCUT2D eigenvalue weighted by Crippen LogP contribution is -2.55. The Morgan fingerprint density at radius 2 is 1.91 bits per heavy atom. The maximum atomic E-state index is 13.3. The number of ether oxygens (including phenoxy) is 2. The summed E-state index contributed by atoms with van der Waals surface area (Å²) < 4.78 is 11.8. The fraction of sp³-hybridized carbons (Fsp3) is 0.543. The van der Waals surface area contributed by atoms with Crippen LogP contribution in [0.2, 0.25) is 0 Å². The van der Waals surface area contributed by atoms with E-state index < -0.39 is 0 Å². The van der Waals surface area contributed by atoms with Crippen LogP contribution < -0.4 is 10.2 Å². The predicted molar refractivity (Wildman–Crippen MR) is 180 cm³/mol. The van der Waals surface area contributed by atoms with Crippen molar-refractivity contribution in [3.8, 4) is 11.3 Å². The Balaban J connectivity index is 1.19. The number of carbonyl (C=O) groups is 1. The van der Waals surface area contributed by atoms with Gasteiger partial charge in [-0.05, 0) is 48.7 Å². The Morgan fingerprint density at radius 1 is 1.02 bits per heavy atom. The number of piperazine rings is 1. The first-order valence-electron chi connectivity index (χ1n) is 16.7. The highest BCUT2D eigenvalue weighted by molar-refractivity contribution is 5.82. The minimum Gasteiger partial charge on any atom is -0.379 e. The van der Waals surface area contributed by atoms with E-state index in [9.17, 15) is 4.79 Å². The zero-order valence-corrected chi connectivity index (χ0v) is 27.3. The van der Waals surface area contributed by atoms with Crippen LogP contribution in [0.25, 0.3) is 11.3 Å². The monoisotopic (exact) mass is 628 g/mol. The first-order valence-corrected chi connectivity index (χ1v) is 16.7. The highest BCUT2D eigenvalue weighted by atomic mass is 16.5. The number of rotatable bonds is 5. The van der Waals surface area contributed by atoms with Crippen LogP contribution in [0.4, 0.5) is 17.5 Å². The van der Waals surface area contributed by atoms with E-state index in [0.717, 1.165) is 101 Å². The summed E-state index contributed by atoms with van der Waals surface area (Å²) in [5, 5.41) is 3.41. The summed E-state index contributed by atoms with van der Waals surface area (Å²) in [6.07, 6.45) is 5.44. The number of nitrogens with one attached hydrogen (secondary N) is 1. The van der Waals surface area contributed by atoms with Crippen LogP contribution in [-0.2, 0) is 20.8 Å². The van der Waals surface area contributed by atoms with E-state index in [2.05, 4.69) is 68.1 Å². The largest absolute Gasteiger partial charge is 0.379 e. The predicted octanol–water partition coefficient (Wildman–Crippen LogP) is 3.55. The Labute approximate surface area is 272 Å². The molecule has 1 aromatic carbocycles. The van der Waals surface area contributed by atoms with Crippen molar-refractivity contribution in [3.05, 3.63) is 60.4 Å². The zero-order chi connectivity index (χ0) is 31.7. The molecule has 8 bridgehead atoms. The molecule has 46 heavy (non-hydrogen) atoms. The van der Waals surface area contributed by atoms with Crippen LogP contribution in [0.5, 0.6) is 0 Å². The molecule has 0 aliphatic carbocycles. The summed E-state index contributed by atoms with van der Waals surface area (Å²) in [4.78, 5) is 36.7. The molecular weight excluding hydrogens is 580 g/mol. The van der Waals surface area contributed by atoms with Crippen molar-refractivity contribution in [1.82, 2.24) is 29.7 Å². The van der Waals surface area contributed by atoms with Crippen LogP contribution in [0.3, 0.4) is 0 Å². The van der Waals surface area contributed by atoms with Crippen LogP contribution in [0.1, 0.15) is 25.3 Å². The van der Waals surface area contributed by atoms with Gasteiger partial charge in [0.15, 0.2) is 0 Å². The molecule has 0 saturated carbocycles. The topological polar surface area (TPSA) is 99.2 Å². The molecule has 4 unspecified atom stereocenters. The number of hydrogen-bond acceptors (Lipinski definition) is 11. The van der Waals surface area contributed by atoms with Crippen LogP contribution >= 0.6 is 0 Å². The summed E-state index contributed by atoms with van der Waals surface area (Å²) >= 11 is 0. The minimum absolute atomic E-state index is 0.0220. The Bertz CT molecular complexity index is 1420. The second-order valence-electron chi connectivity index (χ2n) is 12.8. The maximum absolute atomic E-state index is 13.3. The van der Waals surface area contributed by atoms with Gasteiger partial charge in [0.05, 0.1) is 38.7 Å². The Kier molecular flexibility index (Phi) is 11.2. The molecule has 2 fully saturated rings. The Morgan fingerprint density at radius 3 is 2.76 bits per heavy atom. The molecule has 0 spiro atoms. The summed E-state index contributed by atoms with van der Waals surface area (Å²) in [6.45, 7) is 12.6. The van der Waals surface area contributed by atoms with Crippen molar-refractivity contribution in [2.24, 2.45) is 5.92 Å². The third kappa shape index (κ3) is 8.86. The molecule has 0 radical (unpaired) electrons.